The summed E-state index contributed by atoms with van der Waals surface area (Å²) in [7, 11) is 0. The number of phenolic OH excluding ortho intramolecular Hbond substituents is 2. The number of nitrogens with two attached hydrogens (primary N) is 1. The average Bonchev–Trinajstić information content (AvgIpc) is 3.00. The minimum absolute atomic E-state index is 0.00707. The highest BCUT2D eigenvalue weighted by Gasteiger charge is 2.30. The molecule has 114 valence electrons. The van der Waals surface area contributed by atoms with E-state index in [-0.39, 0.29) is 29.7 Å². The highest BCUT2D eigenvalue weighted by Crippen LogP contribution is 2.31. The fourth-order valence-corrected chi connectivity index (χ4v) is 2.65. The molecule has 0 aliphatic heterocycles. The molecule has 1 aromatic rings. The molecule has 0 atom stereocenters. The number of carbonyl (C=O) groups is 1. The predicted octanol–water partition coefficient (Wildman–Crippen LogP) is 1.23. The number of carbonyl (C=O) groups excluding carboxylic acids is 1. The van der Waals surface area contributed by atoms with Crippen LogP contribution in [-0.4, -0.2) is 44.6 Å². The first-order chi connectivity index (χ1) is 10.0. The molecule has 1 aliphatic rings. The highest BCUT2D eigenvalue weighted by molar-refractivity contribution is 6.00. The van der Waals surface area contributed by atoms with E-state index in [1.54, 1.807) is 0 Å². The Morgan fingerprint density at radius 3 is 2.62 bits per heavy atom. The van der Waals surface area contributed by atoms with Gasteiger partial charge in [0.15, 0.2) is 17.3 Å². The lowest BCUT2D eigenvalue weighted by Gasteiger charge is -2.28. The maximum absolute atomic E-state index is 12.6. The largest absolute Gasteiger partial charge is 0.504 e. The SMILES string of the molecule is N/C(CN(C(=O)c1cccc(O)c1O)C1CCCC1)=N/O. The lowest BCUT2D eigenvalue weighted by molar-refractivity contribution is 0.0708. The lowest BCUT2D eigenvalue weighted by Crippen LogP contribution is -2.44. The van der Waals surface area contributed by atoms with Crippen LogP contribution >= 0.6 is 0 Å². The lowest BCUT2D eigenvalue weighted by atomic mass is 10.1. The van der Waals surface area contributed by atoms with Gasteiger partial charge in [-0.2, -0.15) is 0 Å². The zero-order valence-corrected chi connectivity index (χ0v) is 11.6. The summed E-state index contributed by atoms with van der Waals surface area (Å²) in [5.74, 6) is -1.32. The average molecular weight is 293 g/mol. The van der Waals surface area contributed by atoms with Crippen molar-refractivity contribution >= 4 is 11.7 Å². The standard InChI is InChI=1S/C14H19N3O4/c15-12(16-21)8-17(9-4-1-2-5-9)14(20)10-6-3-7-11(18)13(10)19/h3,6-7,9,18-19,21H,1-2,4-5,8H2,(H2,15,16). The second-order valence-corrected chi connectivity index (χ2v) is 5.14. The van der Waals surface area contributed by atoms with Crippen molar-refractivity contribution in [1.82, 2.24) is 4.90 Å². The van der Waals surface area contributed by atoms with Gasteiger partial charge in [-0.05, 0) is 25.0 Å². The van der Waals surface area contributed by atoms with Crippen LogP contribution in [0.4, 0.5) is 0 Å². The molecular formula is C14H19N3O4. The number of amides is 1. The Labute approximate surface area is 122 Å². The quantitative estimate of drug-likeness (QED) is 0.219. The van der Waals surface area contributed by atoms with Crippen molar-refractivity contribution in [2.75, 3.05) is 6.54 Å². The number of para-hydroxylation sites is 1. The Bertz CT molecular complexity index is 553. The van der Waals surface area contributed by atoms with Crippen molar-refractivity contribution in [3.05, 3.63) is 23.8 Å². The van der Waals surface area contributed by atoms with Crippen LogP contribution in [0.3, 0.4) is 0 Å². The van der Waals surface area contributed by atoms with Gasteiger partial charge >= 0.3 is 0 Å². The monoisotopic (exact) mass is 293 g/mol. The Balaban J connectivity index is 2.30. The number of oxime groups is 1. The molecule has 0 bridgehead atoms. The smallest absolute Gasteiger partial charge is 0.258 e. The van der Waals surface area contributed by atoms with E-state index < -0.39 is 11.7 Å². The van der Waals surface area contributed by atoms with E-state index in [9.17, 15) is 15.0 Å². The van der Waals surface area contributed by atoms with Crippen molar-refractivity contribution in [3.63, 3.8) is 0 Å². The van der Waals surface area contributed by atoms with Gasteiger partial charge in [-0.1, -0.05) is 24.1 Å². The molecule has 1 saturated carbocycles. The van der Waals surface area contributed by atoms with Gasteiger partial charge in [0.1, 0.15) is 0 Å². The van der Waals surface area contributed by atoms with Crippen molar-refractivity contribution < 1.29 is 20.2 Å². The van der Waals surface area contributed by atoms with Gasteiger partial charge in [-0.25, -0.2) is 0 Å². The van der Waals surface area contributed by atoms with Crippen molar-refractivity contribution in [2.45, 2.75) is 31.7 Å². The minimum Gasteiger partial charge on any atom is -0.504 e. The van der Waals surface area contributed by atoms with E-state index in [2.05, 4.69) is 5.16 Å². The van der Waals surface area contributed by atoms with Gasteiger partial charge in [-0.15, -0.1) is 0 Å². The normalized spacial score (nSPS) is 16.1. The molecule has 5 N–H and O–H groups in total. The number of nitrogens with zero attached hydrogens (tertiary/aromatic N) is 2. The zero-order valence-electron chi connectivity index (χ0n) is 11.6. The Morgan fingerprint density at radius 1 is 1.33 bits per heavy atom. The summed E-state index contributed by atoms with van der Waals surface area (Å²) >= 11 is 0. The molecule has 7 nitrogen and oxygen atoms in total. The second kappa shape index (κ2) is 6.34. The van der Waals surface area contributed by atoms with Crippen LogP contribution in [0.25, 0.3) is 0 Å². The highest BCUT2D eigenvalue weighted by atomic mass is 16.4. The summed E-state index contributed by atoms with van der Waals surface area (Å²) in [6.07, 6.45) is 3.70. The van der Waals surface area contributed by atoms with E-state index in [1.165, 1.54) is 23.1 Å². The van der Waals surface area contributed by atoms with Crippen LogP contribution in [0.1, 0.15) is 36.0 Å². The van der Waals surface area contributed by atoms with Gasteiger partial charge < -0.3 is 26.1 Å². The molecule has 1 amide bonds. The van der Waals surface area contributed by atoms with Crippen LogP contribution in [0.2, 0.25) is 0 Å². The van der Waals surface area contributed by atoms with Crippen LogP contribution in [0.5, 0.6) is 11.5 Å². The van der Waals surface area contributed by atoms with Gasteiger partial charge in [0.05, 0.1) is 12.1 Å². The van der Waals surface area contributed by atoms with Gasteiger partial charge in [0, 0.05) is 6.04 Å². The van der Waals surface area contributed by atoms with E-state index in [4.69, 9.17) is 10.9 Å². The van der Waals surface area contributed by atoms with Crippen LogP contribution in [-0.2, 0) is 0 Å². The molecule has 0 aromatic heterocycles. The molecule has 1 aliphatic carbocycles. The summed E-state index contributed by atoms with van der Waals surface area (Å²) in [5.41, 5.74) is 5.53. The summed E-state index contributed by atoms with van der Waals surface area (Å²) in [4.78, 5) is 14.1. The van der Waals surface area contributed by atoms with E-state index in [0.717, 1.165) is 25.7 Å². The summed E-state index contributed by atoms with van der Waals surface area (Å²) < 4.78 is 0. The summed E-state index contributed by atoms with van der Waals surface area (Å²) in [6, 6.07) is 4.21. The maximum Gasteiger partial charge on any atom is 0.258 e. The van der Waals surface area contributed by atoms with Gasteiger partial charge in [0.2, 0.25) is 0 Å². The summed E-state index contributed by atoms with van der Waals surface area (Å²) in [5, 5.41) is 31.0. The topological polar surface area (TPSA) is 119 Å². The number of aromatic hydroxyl groups is 2. The Kier molecular flexibility index (Phi) is 4.52. The number of amidine groups is 1. The van der Waals surface area contributed by atoms with Crippen molar-refractivity contribution in [2.24, 2.45) is 10.9 Å². The van der Waals surface area contributed by atoms with Gasteiger partial charge in [0.25, 0.3) is 5.91 Å². The molecular weight excluding hydrogens is 274 g/mol. The first-order valence-electron chi connectivity index (χ1n) is 6.83. The number of phenols is 2. The molecule has 7 heteroatoms. The van der Waals surface area contributed by atoms with Gasteiger partial charge in [-0.3, -0.25) is 4.79 Å². The minimum atomic E-state index is -0.454. The Hall–Kier alpha value is -2.44. The van der Waals surface area contributed by atoms with Crippen molar-refractivity contribution in [1.29, 1.82) is 0 Å². The fraction of sp³-hybridized carbons (Fsp3) is 0.429. The molecule has 0 radical (unpaired) electrons. The first kappa shape index (κ1) is 15.0. The summed E-state index contributed by atoms with van der Waals surface area (Å²) in [6.45, 7) is -0.0188. The molecule has 0 heterocycles. The number of hydrogen-bond acceptors (Lipinski definition) is 5. The number of benzene rings is 1. The fourth-order valence-electron chi connectivity index (χ4n) is 2.65. The van der Waals surface area contributed by atoms with Crippen molar-refractivity contribution in [3.8, 4) is 11.5 Å². The zero-order chi connectivity index (χ0) is 15.4. The maximum atomic E-state index is 12.6. The van der Waals surface area contributed by atoms with E-state index in [1.807, 2.05) is 0 Å². The Morgan fingerprint density at radius 2 is 2.00 bits per heavy atom. The first-order valence-corrected chi connectivity index (χ1v) is 6.83. The second-order valence-electron chi connectivity index (χ2n) is 5.14. The molecule has 0 saturated heterocycles. The van der Waals surface area contributed by atoms with E-state index in [0.29, 0.717) is 0 Å². The van der Waals surface area contributed by atoms with Crippen LogP contribution < -0.4 is 5.73 Å². The van der Waals surface area contributed by atoms with Crippen LogP contribution in [0, 0.1) is 0 Å². The number of hydrogen-bond donors (Lipinski definition) is 4. The predicted molar refractivity (Wildman–Crippen MR) is 76.5 cm³/mol. The third-order valence-corrected chi connectivity index (χ3v) is 3.73. The third-order valence-electron chi connectivity index (χ3n) is 3.73. The number of rotatable bonds is 4. The molecule has 1 aromatic carbocycles. The molecule has 21 heavy (non-hydrogen) atoms. The van der Waals surface area contributed by atoms with E-state index >= 15 is 0 Å². The van der Waals surface area contributed by atoms with Crippen LogP contribution in [0.15, 0.2) is 23.4 Å². The molecule has 0 unspecified atom stereocenters. The third kappa shape index (κ3) is 3.18. The molecule has 0 spiro atoms. The molecule has 2 rings (SSSR count). The molecule has 1 fully saturated rings.